The molecule has 1 aromatic heterocycles. The van der Waals surface area contributed by atoms with Crippen molar-refractivity contribution >= 4 is 0 Å². The number of nitrogens with zero attached hydrogens (tertiary/aromatic N) is 2. The van der Waals surface area contributed by atoms with Crippen molar-refractivity contribution in [1.82, 2.24) is 15.1 Å². The quantitative estimate of drug-likeness (QED) is 0.898. The number of rotatable bonds is 4. The highest BCUT2D eigenvalue weighted by Crippen LogP contribution is 2.28. The molecule has 0 amide bonds. The molecule has 0 bridgehead atoms. The van der Waals surface area contributed by atoms with E-state index >= 15 is 0 Å². The summed E-state index contributed by atoms with van der Waals surface area (Å²) in [5.41, 5.74) is 3.83. The van der Waals surface area contributed by atoms with Crippen LogP contribution in [0.5, 0.6) is 0 Å². The first-order chi connectivity index (χ1) is 9.00. The Balaban J connectivity index is 2.01. The van der Waals surface area contributed by atoms with Crippen LogP contribution in [0.1, 0.15) is 68.9 Å². The predicted octanol–water partition coefficient (Wildman–Crippen LogP) is 3.66. The number of hydrogen-bond acceptors (Lipinski definition) is 2. The van der Waals surface area contributed by atoms with Gasteiger partial charge in [-0.25, -0.2) is 0 Å². The zero-order valence-corrected chi connectivity index (χ0v) is 13.2. The summed E-state index contributed by atoms with van der Waals surface area (Å²) in [7, 11) is 2.03. The molecule has 1 aliphatic carbocycles. The van der Waals surface area contributed by atoms with E-state index < -0.39 is 0 Å². The summed E-state index contributed by atoms with van der Waals surface area (Å²) in [6.07, 6.45) is 7.05. The van der Waals surface area contributed by atoms with Gasteiger partial charge < -0.3 is 5.32 Å². The van der Waals surface area contributed by atoms with Gasteiger partial charge in [0.15, 0.2) is 0 Å². The third-order valence-electron chi connectivity index (χ3n) is 4.87. The third-order valence-corrected chi connectivity index (χ3v) is 4.87. The normalized spacial score (nSPS) is 20.5. The molecule has 2 rings (SSSR count). The largest absolute Gasteiger partial charge is 0.307 e. The standard InChI is InChI=1S/C16H29N3/c1-11(15-9-7-6-8-10-15)17-12(2)16-13(3)18-19(5)14(16)4/h11-12,15,17H,6-10H2,1-5H3. The van der Waals surface area contributed by atoms with Crippen LogP contribution in [0.15, 0.2) is 0 Å². The average molecular weight is 263 g/mol. The summed E-state index contributed by atoms with van der Waals surface area (Å²) in [6, 6.07) is 1.000. The number of hydrogen-bond donors (Lipinski definition) is 1. The van der Waals surface area contributed by atoms with E-state index in [1.54, 1.807) is 0 Å². The minimum Gasteiger partial charge on any atom is -0.307 e. The molecule has 1 N–H and O–H groups in total. The molecule has 2 unspecified atom stereocenters. The van der Waals surface area contributed by atoms with Gasteiger partial charge in [-0.05, 0) is 46.5 Å². The van der Waals surface area contributed by atoms with Gasteiger partial charge in [0.2, 0.25) is 0 Å². The van der Waals surface area contributed by atoms with E-state index in [9.17, 15) is 0 Å². The van der Waals surface area contributed by atoms with Crippen LogP contribution in [0.2, 0.25) is 0 Å². The molecule has 2 atom stereocenters. The van der Waals surface area contributed by atoms with Gasteiger partial charge in [0.25, 0.3) is 0 Å². The highest BCUT2D eigenvalue weighted by atomic mass is 15.3. The van der Waals surface area contributed by atoms with Crippen LogP contribution in [0.3, 0.4) is 0 Å². The van der Waals surface area contributed by atoms with E-state index in [0.717, 1.165) is 11.6 Å². The summed E-state index contributed by atoms with van der Waals surface area (Å²) in [4.78, 5) is 0. The lowest BCUT2D eigenvalue weighted by Crippen LogP contribution is -2.36. The van der Waals surface area contributed by atoms with Gasteiger partial charge in [-0.1, -0.05) is 19.3 Å². The fourth-order valence-electron chi connectivity index (χ4n) is 3.66. The van der Waals surface area contributed by atoms with Crippen LogP contribution < -0.4 is 5.32 Å². The van der Waals surface area contributed by atoms with Crippen molar-refractivity contribution in [2.75, 3.05) is 0 Å². The summed E-state index contributed by atoms with van der Waals surface area (Å²) in [5, 5.41) is 8.34. The van der Waals surface area contributed by atoms with Gasteiger partial charge >= 0.3 is 0 Å². The molecule has 1 fully saturated rings. The zero-order chi connectivity index (χ0) is 14.0. The second-order valence-corrected chi connectivity index (χ2v) is 6.28. The lowest BCUT2D eigenvalue weighted by atomic mass is 9.84. The molecule has 0 radical (unpaired) electrons. The van der Waals surface area contributed by atoms with Crippen molar-refractivity contribution in [3.05, 3.63) is 17.0 Å². The molecule has 1 aliphatic rings. The van der Waals surface area contributed by atoms with Crippen LogP contribution in [-0.4, -0.2) is 15.8 Å². The van der Waals surface area contributed by atoms with Crippen molar-refractivity contribution in [3.8, 4) is 0 Å². The van der Waals surface area contributed by atoms with Crippen LogP contribution >= 0.6 is 0 Å². The highest BCUT2D eigenvalue weighted by Gasteiger charge is 2.23. The maximum absolute atomic E-state index is 4.53. The Morgan fingerprint density at radius 3 is 2.32 bits per heavy atom. The van der Waals surface area contributed by atoms with Crippen molar-refractivity contribution in [1.29, 1.82) is 0 Å². The smallest absolute Gasteiger partial charge is 0.0644 e. The predicted molar refractivity (Wildman–Crippen MR) is 80.3 cm³/mol. The van der Waals surface area contributed by atoms with Crippen LogP contribution in [0.25, 0.3) is 0 Å². The van der Waals surface area contributed by atoms with Gasteiger partial charge in [0, 0.05) is 30.4 Å². The lowest BCUT2D eigenvalue weighted by Gasteiger charge is -2.31. The van der Waals surface area contributed by atoms with Crippen LogP contribution in [0, 0.1) is 19.8 Å². The van der Waals surface area contributed by atoms with E-state index in [0.29, 0.717) is 12.1 Å². The topological polar surface area (TPSA) is 29.9 Å². The first kappa shape index (κ1) is 14.6. The Morgan fingerprint density at radius 2 is 1.79 bits per heavy atom. The molecular weight excluding hydrogens is 234 g/mol. The van der Waals surface area contributed by atoms with E-state index in [2.05, 4.69) is 38.1 Å². The molecule has 0 saturated heterocycles. The Bertz CT molecular complexity index is 416. The first-order valence-electron chi connectivity index (χ1n) is 7.76. The molecule has 108 valence electrons. The molecule has 19 heavy (non-hydrogen) atoms. The molecule has 1 heterocycles. The Kier molecular flexibility index (Phi) is 4.67. The van der Waals surface area contributed by atoms with E-state index in [1.807, 2.05) is 11.7 Å². The highest BCUT2D eigenvalue weighted by molar-refractivity contribution is 5.27. The Labute approximate surface area is 117 Å². The van der Waals surface area contributed by atoms with E-state index in [4.69, 9.17) is 0 Å². The molecule has 3 heteroatoms. The van der Waals surface area contributed by atoms with Crippen molar-refractivity contribution in [3.63, 3.8) is 0 Å². The molecule has 0 aromatic carbocycles. The molecular formula is C16H29N3. The fraction of sp³-hybridized carbons (Fsp3) is 0.812. The third kappa shape index (κ3) is 3.19. The molecule has 3 nitrogen and oxygen atoms in total. The molecule has 0 spiro atoms. The van der Waals surface area contributed by atoms with E-state index in [-0.39, 0.29) is 0 Å². The van der Waals surface area contributed by atoms with Crippen LogP contribution in [-0.2, 0) is 7.05 Å². The minimum atomic E-state index is 0.394. The van der Waals surface area contributed by atoms with Gasteiger partial charge in [-0.2, -0.15) is 5.10 Å². The summed E-state index contributed by atoms with van der Waals surface area (Å²) < 4.78 is 1.99. The van der Waals surface area contributed by atoms with Crippen LogP contribution in [0.4, 0.5) is 0 Å². The van der Waals surface area contributed by atoms with Gasteiger partial charge in [-0.15, -0.1) is 0 Å². The molecule has 1 saturated carbocycles. The Hall–Kier alpha value is -0.830. The average Bonchev–Trinajstić information content (AvgIpc) is 2.64. The summed E-state index contributed by atoms with van der Waals surface area (Å²) in [6.45, 7) is 8.91. The van der Waals surface area contributed by atoms with Gasteiger partial charge in [-0.3, -0.25) is 4.68 Å². The number of aromatic nitrogens is 2. The second-order valence-electron chi connectivity index (χ2n) is 6.28. The lowest BCUT2D eigenvalue weighted by molar-refractivity contribution is 0.268. The molecule has 1 aromatic rings. The summed E-state index contributed by atoms with van der Waals surface area (Å²) in [5.74, 6) is 0.855. The maximum Gasteiger partial charge on any atom is 0.0644 e. The van der Waals surface area contributed by atoms with Crippen molar-refractivity contribution in [2.24, 2.45) is 13.0 Å². The second kappa shape index (κ2) is 6.08. The fourth-order valence-corrected chi connectivity index (χ4v) is 3.66. The van der Waals surface area contributed by atoms with Crippen molar-refractivity contribution < 1.29 is 0 Å². The summed E-state index contributed by atoms with van der Waals surface area (Å²) >= 11 is 0. The molecule has 0 aliphatic heterocycles. The van der Waals surface area contributed by atoms with E-state index in [1.165, 1.54) is 43.4 Å². The first-order valence-corrected chi connectivity index (χ1v) is 7.76. The van der Waals surface area contributed by atoms with Gasteiger partial charge in [0.05, 0.1) is 5.69 Å². The SMILES string of the molecule is Cc1nn(C)c(C)c1C(C)NC(C)C1CCCCC1. The monoisotopic (exact) mass is 263 g/mol. The number of nitrogens with one attached hydrogen (secondary N) is 1. The maximum atomic E-state index is 4.53. The van der Waals surface area contributed by atoms with Crippen molar-refractivity contribution in [2.45, 2.75) is 71.9 Å². The Morgan fingerprint density at radius 1 is 1.16 bits per heavy atom. The van der Waals surface area contributed by atoms with Gasteiger partial charge in [0.1, 0.15) is 0 Å². The zero-order valence-electron chi connectivity index (χ0n) is 13.2. The minimum absolute atomic E-state index is 0.394. The number of aryl methyl sites for hydroxylation is 2.